The minimum atomic E-state index is 0.0216. The normalized spacial score (nSPS) is 16.2. The quantitative estimate of drug-likeness (QED) is 0.396. The second-order valence-corrected chi connectivity index (χ2v) is 8.88. The van der Waals surface area contributed by atoms with Gasteiger partial charge >= 0.3 is 0 Å². The van der Waals surface area contributed by atoms with Crippen molar-refractivity contribution in [3.63, 3.8) is 0 Å². The molecule has 1 atom stereocenters. The lowest BCUT2D eigenvalue weighted by Gasteiger charge is -2.33. The fourth-order valence-corrected chi connectivity index (χ4v) is 4.72. The van der Waals surface area contributed by atoms with E-state index in [1.165, 1.54) is 5.56 Å². The van der Waals surface area contributed by atoms with E-state index >= 15 is 0 Å². The summed E-state index contributed by atoms with van der Waals surface area (Å²) in [6.07, 6.45) is 7.79. The largest absolute Gasteiger partial charge is 0.491 e. The molecule has 2 aromatic carbocycles. The molecule has 4 aromatic rings. The highest BCUT2D eigenvalue weighted by Crippen LogP contribution is 2.34. The Morgan fingerprint density at radius 2 is 1.74 bits per heavy atom. The predicted octanol–water partition coefficient (Wildman–Crippen LogP) is 4.96. The first-order valence-electron chi connectivity index (χ1n) is 12.2. The van der Waals surface area contributed by atoms with Crippen LogP contribution in [0.15, 0.2) is 85.3 Å². The average Bonchev–Trinajstić information content (AvgIpc) is 2.93. The Hall–Kier alpha value is -3.61. The first-order chi connectivity index (χ1) is 17.3. The molecule has 1 fully saturated rings. The van der Waals surface area contributed by atoms with Gasteiger partial charge in [0.15, 0.2) is 5.82 Å². The molecule has 0 saturated carbocycles. The predicted molar refractivity (Wildman–Crippen MR) is 137 cm³/mol. The van der Waals surface area contributed by atoms with E-state index in [-0.39, 0.29) is 6.61 Å². The fraction of sp³-hybridized carbons (Fsp3) is 0.276. The van der Waals surface area contributed by atoms with E-state index in [4.69, 9.17) is 19.8 Å². The number of rotatable bonds is 8. The van der Waals surface area contributed by atoms with Crippen molar-refractivity contribution >= 4 is 0 Å². The molecule has 0 amide bonds. The highest BCUT2D eigenvalue weighted by atomic mass is 16.5. The SMILES string of the molecule is OCCOc1ccc(CN2CCCC(c3nc(-c4ccncc4)ncc3-c3ccccc3)C2)cc1. The summed E-state index contributed by atoms with van der Waals surface area (Å²) in [5.74, 6) is 1.86. The number of aliphatic hydroxyl groups is 1. The van der Waals surface area contributed by atoms with Gasteiger partial charge < -0.3 is 9.84 Å². The van der Waals surface area contributed by atoms with Gasteiger partial charge in [-0.25, -0.2) is 9.97 Å². The van der Waals surface area contributed by atoms with Crippen LogP contribution in [0.4, 0.5) is 0 Å². The Morgan fingerprint density at radius 1 is 0.943 bits per heavy atom. The van der Waals surface area contributed by atoms with E-state index in [2.05, 4.69) is 46.3 Å². The Kier molecular flexibility index (Phi) is 7.41. The summed E-state index contributed by atoms with van der Waals surface area (Å²) in [5, 5.41) is 8.95. The third-order valence-corrected chi connectivity index (χ3v) is 6.42. The lowest BCUT2D eigenvalue weighted by molar-refractivity contribution is 0.197. The summed E-state index contributed by atoms with van der Waals surface area (Å²) in [5.41, 5.74) is 5.62. The van der Waals surface area contributed by atoms with Gasteiger partial charge in [0.05, 0.1) is 12.3 Å². The molecular formula is C29H30N4O2. The maximum Gasteiger partial charge on any atom is 0.159 e. The topological polar surface area (TPSA) is 71.4 Å². The molecule has 0 aliphatic carbocycles. The second-order valence-electron chi connectivity index (χ2n) is 8.88. The molecule has 5 rings (SSSR count). The summed E-state index contributed by atoms with van der Waals surface area (Å²) < 4.78 is 5.50. The Balaban J connectivity index is 1.39. The number of piperidine rings is 1. The Labute approximate surface area is 206 Å². The third-order valence-electron chi connectivity index (χ3n) is 6.42. The number of nitrogens with zero attached hydrogens (tertiary/aromatic N) is 4. The number of benzene rings is 2. The number of likely N-dealkylation sites (tertiary alicyclic amines) is 1. The van der Waals surface area contributed by atoms with Gasteiger partial charge in [0.1, 0.15) is 12.4 Å². The van der Waals surface area contributed by atoms with Crippen LogP contribution in [0.1, 0.15) is 30.0 Å². The van der Waals surface area contributed by atoms with Crippen LogP contribution in [0.2, 0.25) is 0 Å². The molecule has 1 N–H and O–H groups in total. The average molecular weight is 467 g/mol. The number of aromatic nitrogens is 3. The summed E-state index contributed by atoms with van der Waals surface area (Å²) in [7, 11) is 0. The van der Waals surface area contributed by atoms with Gasteiger partial charge in [-0.05, 0) is 54.8 Å². The van der Waals surface area contributed by atoms with E-state index in [0.29, 0.717) is 12.5 Å². The summed E-state index contributed by atoms with van der Waals surface area (Å²) in [6, 6.07) is 22.5. The number of ether oxygens (including phenoxy) is 1. The minimum Gasteiger partial charge on any atom is -0.491 e. The molecule has 178 valence electrons. The lowest BCUT2D eigenvalue weighted by Crippen LogP contribution is -2.34. The smallest absolute Gasteiger partial charge is 0.159 e. The first kappa shape index (κ1) is 23.1. The number of pyridine rings is 1. The van der Waals surface area contributed by atoms with Crippen LogP contribution < -0.4 is 4.74 Å². The number of aliphatic hydroxyl groups excluding tert-OH is 1. The van der Waals surface area contributed by atoms with Crippen LogP contribution in [0, 0.1) is 0 Å². The van der Waals surface area contributed by atoms with E-state index in [0.717, 1.165) is 66.4 Å². The van der Waals surface area contributed by atoms with E-state index in [9.17, 15) is 0 Å². The van der Waals surface area contributed by atoms with Gasteiger partial charge in [-0.2, -0.15) is 0 Å². The van der Waals surface area contributed by atoms with Crippen molar-refractivity contribution in [1.29, 1.82) is 0 Å². The van der Waals surface area contributed by atoms with Crippen molar-refractivity contribution < 1.29 is 9.84 Å². The first-order valence-corrected chi connectivity index (χ1v) is 12.2. The van der Waals surface area contributed by atoms with Crippen molar-refractivity contribution in [3.8, 4) is 28.3 Å². The molecule has 6 nitrogen and oxygen atoms in total. The molecule has 1 unspecified atom stereocenters. The monoisotopic (exact) mass is 466 g/mol. The van der Waals surface area contributed by atoms with Crippen molar-refractivity contribution in [3.05, 3.63) is 96.6 Å². The molecule has 0 spiro atoms. The van der Waals surface area contributed by atoms with Gasteiger partial charge in [0.25, 0.3) is 0 Å². The highest BCUT2D eigenvalue weighted by Gasteiger charge is 2.26. The van der Waals surface area contributed by atoms with Gasteiger partial charge in [-0.3, -0.25) is 9.88 Å². The van der Waals surface area contributed by atoms with E-state index in [1.54, 1.807) is 12.4 Å². The van der Waals surface area contributed by atoms with E-state index in [1.807, 2.05) is 36.5 Å². The summed E-state index contributed by atoms with van der Waals surface area (Å²) in [6.45, 7) is 3.25. The second kappa shape index (κ2) is 11.2. The molecule has 0 bridgehead atoms. The molecule has 1 aliphatic rings. The molecule has 35 heavy (non-hydrogen) atoms. The van der Waals surface area contributed by atoms with Crippen molar-refractivity contribution in [2.45, 2.75) is 25.3 Å². The fourth-order valence-electron chi connectivity index (χ4n) is 4.72. The maximum absolute atomic E-state index is 8.95. The number of hydrogen-bond acceptors (Lipinski definition) is 6. The Bertz CT molecular complexity index is 1220. The van der Waals surface area contributed by atoms with Crippen molar-refractivity contribution in [2.24, 2.45) is 0 Å². The van der Waals surface area contributed by atoms with Crippen LogP contribution in [-0.4, -0.2) is 51.3 Å². The van der Waals surface area contributed by atoms with Crippen LogP contribution in [0.5, 0.6) is 5.75 Å². The van der Waals surface area contributed by atoms with Crippen molar-refractivity contribution in [2.75, 3.05) is 26.3 Å². The lowest BCUT2D eigenvalue weighted by atomic mass is 9.89. The van der Waals surface area contributed by atoms with Crippen molar-refractivity contribution in [1.82, 2.24) is 19.9 Å². The zero-order valence-corrected chi connectivity index (χ0v) is 19.8. The van der Waals surface area contributed by atoms with Gasteiger partial charge in [0.2, 0.25) is 0 Å². The van der Waals surface area contributed by atoms with E-state index < -0.39 is 0 Å². The van der Waals surface area contributed by atoms with Gasteiger partial charge in [-0.15, -0.1) is 0 Å². The molecule has 0 radical (unpaired) electrons. The molecular weight excluding hydrogens is 436 g/mol. The molecule has 1 aliphatic heterocycles. The molecule has 6 heteroatoms. The minimum absolute atomic E-state index is 0.0216. The standard InChI is InChI=1S/C29H30N4O2/c34-17-18-35-26-10-8-22(9-11-26)20-33-16-4-7-25(21-33)28-27(23-5-2-1-3-6-23)19-31-29(32-28)24-12-14-30-15-13-24/h1-3,5-6,8-15,19,25,34H,4,7,16-18,20-21H2. The Morgan fingerprint density at radius 3 is 2.51 bits per heavy atom. The van der Waals surface area contributed by atoms with Crippen LogP contribution in [0.3, 0.4) is 0 Å². The summed E-state index contributed by atoms with van der Waals surface area (Å²) in [4.78, 5) is 16.5. The number of hydrogen-bond donors (Lipinski definition) is 1. The molecule has 1 saturated heterocycles. The summed E-state index contributed by atoms with van der Waals surface area (Å²) >= 11 is 0. The molecule has 3 heterocycles. The third kappa shape index (κ3) is 5.73. The zero-order valence-electron chi connectivity index (χ0n) is 19.8. The van der Waals surface area contributed by atoms with Gasteiger partial charge in [0, 0.05) is 48.7 Å². The maximum atomic E-state index is 8.95. The molecule has 2 aromatic heterocycles. The highest BCUT2D eigenvalue weighted by molar-refractivity contribution is 5.67. The zero-order chi connectivity index (χ0) is 23.9. The van der Waals surface area contributed by atoms with Crippen LogP contribution in [-0.2, 0) is 6.54 Å². The van der Waals surface area contributed by atoms with Crippen LogP contribution in [0.25, 0.3) is 22.5 Å². The van der Waals surface area contributed by atoms with Crippen LogP contribution >= 0.6 is 0 Å². The van der Waals surface area contributed by atoms with Gasteiger partial charge in [-0.1, -0.05) is 42.5 Å².